The van der Waals surface area contributed by atoms with Crippen molar-refractivity contribution in [2.45, 2.75) is 101 Å². The number of hydrogen-bond donors (Lipinski definition) is 0. The van der Waals surface area contributed by atoms with Gasteiger partial charge in [0, 0.05) is 0 Å². The SMILES string of the molecule is CCCCCC(C(F)(F)F)S(=O)(=O)OC(C)OS(=O)(=O)C(CCCCC)C(F)(F)F. The van der Waals surface area contributed by atoms with E-state index in [1.165, 1.54) is 0 Å². The van der Waals surface area contributed by atoms with Crippen LogP contribution in [0.4, 0.5) is 26.3 Å². The molecular weight excluding hydrogens is 466 g/mol. The van der Waals surface area contributed by atoms with Gasteiger partial charge in [-0.1, -0.05) is 52.4 Å². The Bertz CT molecular complexity index is 643. The number of halogens is 6. The lowest BCUT2D eigenvalue weighted by atomic mass is 10.1. The summed E-state index contributed by atoms with van der Waals surface area (Å²) in [7, 11) is -10.8. The van der Waals surface area contributed by atoms with Gasteiger partial charge in [-0.2, -0.15) is 43.2 Å². The van der Waals surface area contributed by atoms with Crippen molar-refractivity contribution >= 4 is 20.2 Å². The number of rotatable bonds is 14. The highest BCUT2D eigenvalue weighted by molar-refractivity contribution is 7.88. The summed E-state index contributed by atoms with van der Waals surface area (Å²) in [5, 5.41) is -5.90. The third-order valence-electron chi connectivity index (χ3n) is 4.11. The summed E-state index contributed by atoms with van der Waals surface area (Å²) in [6.07, 6.45) is -13.0. The van der Waals surface area contributed by atoms with Crippen molar-refractivity contribution < 1.29 is 51.5 Å². The van der Waals surface area contributed by atoms with Crippen LogP contribution in [0.5, 0.6) is 0 Å². The van der Waals surface area contributed by atoms with Gasteiger partial charge >= 0.3 is 12.4 Å². The van der Waals surface area contributed by atoms with Gasteiger partial charge in [-0.15, -0.1) is 0 Å². The standard InChI is InChI=1S/C16H28F6O6S2/c1-4-6-8-10-13(15(17,18)19)29(23,24)27-12(3)28-30(25,26)14(16(20,21)22)11-9-7-5-2/h12-14H,4-11H2,1-3H3. The molecule has 2 atom stereocenters. The molecule has 30 heavy (non-hydrogen) atoms. The molecule has 0 aliphatic rings. The Kier molecular flexibility index (Phi) is 11.6. The van der Waals surface area contributed by atoms with Gasteiger partial charge in [0.1, 0.15) is 0 Å². The normalized spacial score (nSPS) is 17.0. The first-order valence-corrected chi connectivity index (χ1v) is 12.4. The topological polar surface area (TPSA) is 86.7 Å². The van der Waals surface area contributed by atoms with Crippen LogP contribution in [0.2, 0.25) is 0 Å². The minimum absolute atomic E-state index is 0.0929. The largest absolute Gasteiger partial charge is 0.407 e. The fourth-order valence-corrected chi connectivity index (χ4v) is 5.35. The van der Waals surface area contributed by atoms with E-state index in [9.17, 15) is 43.2 Å². The minimum atomic E-state index is -5.41. The molecule has 0 aliphatic heterocycles. The number of unbranched alkanes of at least 4 members (excludes halogenated alkanes) is 4. The highest BCUT2D eigenvalue weighted by atomic mass is 32.2. The van der Waals surface area contributed by atoms with Crippen LogP contribution in [0.3, 0.4) is 0 Å². The van der Waals surface area contributed by atoms with Crippen molar-refractivity contribution in [3.8, 4) is 0 Å². The monoisotopic (exact) mass is 494 g/mol. The third-order valence-corrected chi connectivity index (χ3v) is 7.58. The van der Waals surface area contributed by atoms with Crippen LogP contribution in [0.15, 0.2) is 0 Å². The van der Waals surface area contributed by atoms with Crippen molar-refractivity contribution in [3.63, 3.8) is 0 Å². The van der Waals surface area contributed by atoms with Gasteiger partial charge in [0.25, 0.3) is 20.2 Å². The zero-order valence-corrected chi connectivity index (χ0v) is 18.6. The molecule has 0 rings (SSSR count). The van der Waals surface area contributed by atoms with Crippen LogP contribution in [0.1, 0.15) is 72.1 Å². The highest BCUT2D eigenvalue weighted by Gasteiger charge is 2.52. The molecule has 0 spiro atoms. The predicted molar refractivity (Wildman–Crippen MR) is 97.4 cm³/mol. The smallest absolute Gasteiger partial charge is 0.237 e. The van der Waals surface area contributed by atoms with Crippen molar-refractivity contribution in [1.29, 1.82) is 0 Å². The van der Waals surface area contributed by atoms with Crippen molar-refractivity contribution in [2.24, 2.45) is 0 Å². The van der Waals surface area contributed by atoms with Crippen molar-refractivity contribution in [1.82, 2.24) is 0 Å². The van der Waals surface area contributed by atoms with E-state index in [0.717, 1.165) is 0 Å². The quantitative estimate of drug-likeness (QED) is 0.145. The first kappa shape index (κ1) is 29.4. The van der Waals surface area contributed by atoms with Gasteiger partial charge in [0.05, 0.1) is 0 Å². The summed E-state index contributed by atoms with van der Waals surface area (Å²) in [6, 6.07) is 0. The Morgan fingerprint density at radius 1 is 0.667 bits per heavy atom. The molecule has 0 fully saturated rings. The third kappa shape index (κ3) is 10.1. The molecule has 0 radical (unpaired) electrons. The molecule has 0 heterocycles. The Morgan fingerprint density at radius 3 is 1.20 bits per heavy atom. The summed E-state index contributed by atoms with van der Waals surface area (Å²) in [5.74, 6) is 0. The molecular formula is C16H28F6O6S2. The lowest BCUT2D eigenvalue weighted by Gasteiger charge is -2.24. The van der Waals surface area contributed by atoms with Gasteiger partial charge in [0.2, 0.25) is 0 Å². The van der Waals surface area contributed by atoms with E-state index in [4.69, 9.17) is 0 Å². The summed E-state index contributed by atoms with van der Waals surface area (Å²) in [4.78, 5) is 0. The maximum absolute atomic E-state index is 13.1. The first-order valence-electron chi connectivity index (χ1n) is 9.46. The lowest BCUT2D eigenvalue weighted by Crippen LogP contribution is -2.42. The van der Waals surface area contributed by atoms with Crippen LogP contribution < -0.4 is 0 Å². The van der Waals surface area contributed by atoms with Gasteiger partial charge in [-0.05, 0) is 19.8 Å². The van der Waals surface area contributed by atoms with Gasteiger partial charge in [0.15, 0.2) is 16.8 Å². The van der Waals surface area contributed by atoms with E-state index in [1.807, 2.05) is 0 Å². The molecule has 182 valence electrons. The number of hydrogen-bond acceptors (Lipinski definition) is 6. The maximum atomic E-state index is 13.1. The van der Waals surface area contributed by atoms with E-state index in [0.29, 0.717) is 32.6 Å². The molecule has 0 saturated heterocycles. The van der Waals surface area contributed by atoms with E-state index in [1.54, 1.807) is 13.8 Å². The molecule has 14 heteroatoms. The van der Waals surface area contributed by atoms with Crippen LogP contribution >= 0.6 is 0 Å². The average molecular weight is 495 g/mol. The molecule has 6 nitrogen and oxygen atoms in total. The van der Waals surface area contributed by atoms with Crippen LogP contribution in [0.25, 0.3) is 0 Å². The molecule has 0 aromatic rings. The summed E-state index contributed by atoms with van der Waals surface area (Å²) in [5.41, 5.74) is 0. The van der Waals surface area contributed by atoms with Gasteiger partial charge in [-0.3, -0.25) is 0 Å². The predicted octanol–water partition coefficient (Wildman–Crippen LogP) is 5.05. The summed E-state index contributed by atoms with van der Waals surface area (Å²) < 4.78 is 135. The average Bonchev–Trinajstić information content (AvgIpc) is 2.51. The molecule has 0 N–H and O–H groups in total. The molecule has 2 unspecified atom stereocenters. The van der Waals surface area contributed by atoms with Crippen LogP contribution in [0, 0.1) is 0 Å². The lowest BCUT2D eigenvalue weighted by molar-refractivity contribution is -0.135. The van der Waals surface area contributed by atoms with Crippen LogP contribution in [-0.2, 0) is 28.6 Å². The van der Waals surface area contributed by atoms with Gasteiger partial charge < -0.3 is 0 Å². The Hall–Kier alpha value is -0.600. The zero-order valence-electron chi connectivity index (χ0n) is 16.9. The van der Waals surface area contributed by atoms with Crippen molar-refractivity contribution in [2.75, 3.05) is 0 Å². The van der Waals surface area contributed by atoms with Crippen molar-refractivity contribution in [3.05, 3.63) is 0 Å². The Morgan fingerprint density at radius 2 is 0.967 bits per heavy atom. The Labute approximate surface area is 173 Å². The van der Waals surface area contributed by atoms with E-state index in [2.05, 4.69) is 8.37 Å². The highest BCUT2D eigenvalue weighted by Crippen LogP contribution is 2.34. The summed E-state index contributed by atoms with van der Waals surface area (Å²) in [6.45, 7) is 3.98. The van der Waals surface area contributed by atoms with E-state index >= 15 is 0 Å². The molecule has 0 aromatic carbocycles. The summed E-state index contributed by atoms with van der Waals surface area (Å²) >= 11 is 0. The fraction of sp³-hybridized carbons (Fsp3) is 1.00. The maximum Gasteiger partial charge on any atom is 0.407 e. The molecule has 0 amide bonds. The van der Waals surface area contributed by atoms with Gasteiger partial charge in [-0.25, -0.2) is 8.37 Å². The molecule has 0 aromatic heterocycles. The Balaban J connectivity index is 5.42. The number of alkyl halides is 6. The minimum Gasteiger partial charge on any atom is -0.237 e. The molecule has 0 bridgehead atoms. The second-order valence-electron chi connectivity index (χ2n) is 6.80. The second kappa shape index (κ2) is 11.9. The van der Waals surface area contributed by atoms with E-state index < -0.39 is 62.2 Å². The van der Waals surface area contributed by atoms with Crippen LogP contribution in [-0.4, -0.2) is 46.0 Å². The molecule has 0 saturated carbocycles. The van der Waals surface area contributed by atoms with E-state index in [-0.39, 0.29) is 12.8 Å². The first-order chi connectivity index (χ1) is 13.5. The molecule has 0 aliphatic carbocycles. The zero-order chi connectivity index (χ0) is 23.8. The fourth-order valence-electron chi connectivity index (χ4n) is 2.63. The second-order valence-corrected chi connectivity index (χ2v) is 10.3.